The standard InChI is InChI=1S/C25H34N6O2/c1-18-3-9-27-22(15-18)24(29-33-2)20-7-13-31(14-8-20)25(32)21-5-11-30(12-6-21)17-19-4-10-28-23(26)16-19/h3-4,9-10,15-16,20-21H,5-8,11-14,17H2,1-2H3,(H2,26,28). The van der Waals surface area contributed by atoms with Gasteiger partial charge in [-0.3, -0.25) is 14.7 Å². The minimum atomic E-state index is 0.117. The third-order valence-corrected chi connectivity index (χ3v) is 6.75. The van der Waals surface area contributed by atoms with Gasteiger partial charge in [0.25, 0.3) is 0 Å². The number of hydrogen-bond acceptors (Lipinski definition) is 7. The number of piperidine rings is 2. The Morgan fingerprint density at radius 1 is 1.06 bits per heavy atom. The second-order valence-corrected chi connectivity index (χ2v) is 9.12. The maximum atomic E-state index is 13.2. The third-order valence-electron chi connectivity index (χ3n) is 6.75. The summed E-state index contributed by atoms with van der Waals surface area (Å²) in [6.07, 6.45) is 7.14. The maximum absolute atomic E-state index is 13.2. The molecule has 2 aliphatic rings. The first-order valence-electron chi connectivity index (χ1n) is 11.8. The average Bonchev–Trinajstić information content (AvgIpc) is 2.83. The van der Waals surface area contributed by atoms with E-state index in [0.29, 0.717) is 11.7 Å². The molecule has 2 N–H and O–H groups in total. The molecule has 0 radical (unpaired) electrons. The molecule has 2 aromatic heterocycles. The van der Waals surface area contributed by atoms with E-state index in [2.05, 4.69) is 31.8 Å². The molecule has 4 rings (SSSR count). The Kier molecular flexibility index (Phi) is 7.54. The highest BCUT2D eigenvalue weighted by Crippen LogP contribution is 2.27. The Morgan fingerprint density at radius 2 is 1.76 bits per heavy atom. The van der Waals surface area contributed by atoms with Crippen LogP contribution in [0.15, 0.2) is 41.8 Å². The van der Waals surface area contributed by atoms with Gasteiger partial charge in [0.1, 0.15) is 18.6 Å². The zero-order chi connectivity index (χ0) is 23.2. The number of hydrogen-bond donors (Lipinski definition) is 1. The molecule has 8 nitrogen and oxygen atoms in total. The fourth-order valence-corrected chi connectivity index (χ4v) is 4.93. The van der Waals surface area contributed by atoms with Crippen molar-refractivity contribution in [2.24, 2.45) is 17.0 Å². The van der Waals surface area contributed by atoms with Gasteiger partial charge in [0.2, 0.25) is 5.91 Å². The van der Waals surface area contributed by atoms with Gasteiger partial charge < -0.3 is 15.5 Å². The normalized spacial score (nSPS) is 19.0. The molecule has 8 heteroatoms. The van der Waals surface area contributed by atoms with Gasteiger partial charge in [-0.15, -0.1) is 0 Å². The van der Waals surface area contributed by atoms with E-state index in [1.165, 1.54) is 5.56 Å². The second-order valence-electron chi connectivity index (χ2n) is 9.12. The van der Waals surface area contributed by atoms with Crippen LogP contribution in [0.25, 0.3) is 0 Å². The number of carbonyl (C=O) groups excluding carboxylic acids is 1. The monoisotopic (exact) mass is 450 g/mol. The highest BCUT2D eigenvalue weighted by Gasteiger charge is 2.32. The number of pyridine rings is 2. The molecule has 0 saturated carbocycles. The van der Waals surface area contributed by atoms with Crippen LogP contribution in [0.1, 0.15) is 42.5 Å². The number of nitrogens with zero attached hydrogens (tertiary/aromatic N) is 5. The molecular formula is C25H34N6O2. The molecule has 0 unspecified atom stereocenters. The summed E-state index contributed by atoms with van der Waals surface area (Å²) in [5.74, 6) is 1.22. The van der Waals surface area contributed by atoms with Gasteiger partial charge in [0, 0.05) is 43.9 Å². The third kappa shape index (κ3) is 5.87. The highest BCUT2D eigenvalue weighted by atomic mass is 16.6. The lowest BCUT2D eigenvalue weighted by molar-refractivity contribution is -0.138. The Bertz CT molecular complexity index is 978. The Hall–Kier alpha value is -3.00. The zero-order valence-corrected chi connectivity index (χ0v) is 19.6. The summed E-state index contributed by atoms with van der Waals surface area (Å²) < 4.78 is 0. The van der Waals surface area contributed by atoms with Crippen LogP contribution < -0.4 is 5.73 Å². The molecule has 176 valence electrons. The summed E-state index contributed by atoms with van der Waals surface area (Å²) in [5.41, 5.74) is 9.87. The van der Waals surface area contributed by atoms with E-state index in [4.69, 9.17) is 10.6 Å². The summed E-state index contributed by atoms with van der Waals surface area (Å²) in [6.45, 7) is 6.28. The number of nitrogens with two attached hydrogens (primary N) is 1. The molecule has 1 amide bonds. The Labute approximate surface area is 195 Å². The predicted molar refractivity (Wildman–Crippen MR) is 128 cm³/mol. The quantitative estimate of drug-likeness (QED) is 0.537. The van der Waals surface area contributed by atoms with Crippen LogP contribution in [0.5, 0.6) is 0 Å². The van der Waals surface area contributed by atoms with Gasteiger partial charge in [-0.2, -0.15) is 0 Å². The largest absolute Gasteiger partial charge is 0.399 e. The van der Waals surface area contributed by atoms with Gasteiger partial charge in [-0.05, 0) is 81.1 Å². The maximum Gasteiger partial charge on any atom is 0.225 e. The number of aryl methyl sites for hydroxylation is 1. The summed E-state index contributed by atoms with van der Waals surface area (Å²) >= 11 is 0. The number of anilines is 1. The molecule has 2 aromatic rings. The van der Waals surface area contributed by atoms with Gasteiger partial charge in [-0.25, -0.2) is 4.98 Å². The fourth-order valence-electron chi connectivity index (χ4n) is 4.93. The van der Waals surface area contributed by atoms with Crippen LogP contribution in [0.3, 0.4) is 0 Å². The van der Waals surface area contributed by atoms with Crippen molar-refractivity contribution in [1.29, 1.82) is 0 Å². The van der Waals surface area contributed by atoms with Crippen LogP contribution in [0.2, 0.25) is 0 Å². The SMILES string of the molecule is CON=C(c1cc(C)ccn1)C1CCN(C(=O)C2CCN(Cc3ccnc(N)c3)CC2)CC1. The molecule has 0 aliphatic carbocycles. The molecule has 0 aromatic carbocycles. The lowest BCUT2D eigenvalue weighted by atomic mass is 9.88. The summed E-state index contributed by atoms with van der Waals surface area (Å²) in [6, 6.07) is 7.95. The fraction of sp³-hybridized carbons (Fsp3) is 0.520. The van der Waals surface area contributed by atoms with Crippen LogP contribution in [0, 0.1) is 18.8 Å². The van der Waals surface area contributed by atoms with Gasteiger partial charge in [0.15, 0.2) is 0 Å². The minimum absolute atomic E-state index is 0.117. The molecule has 0 bridgehead atoms. The summed E-state index contributed by atoms with van der Waals surface area (Å²) in [7, 11) is 1.57. The number of amides is 1. The number of oxime groups is 1. The van der Waals surface area contributed by atoms with E-state index in [1.807, 2.05) is 30.5 Å². The number of likely N-dealkylation sites (tertiary alicyclic amines) is 2. The Morgan fingerprint density at radius 3 is 2.42 bits per heavy atom. The number of nitrogen functional groups attached to an aromatic ring is 1. The van der Waals surface area contributed by atoms with Crippen LogP contribution in [-0.2, 0) is 16.2 Å². The summed E-state index contributed by atoms with van der Waals surface area (Å²) in [4.78, 5) is 31.3. The topological polar surface area (TPSA) is 96.9 Å². The van der Waals surface area contributed by atoms with Crippen molar-refractivity contribution in [2.45, 2.75) is 39.2 Å². The van der Waals surface area contributed by atoms with E-state index in [0.717, 1.165) is 75.4 Å². The van der Waals surface area contributed by atoms with Crippen molar-refractivity contribution >= 4 is 17.4 Å². The van der Waals surface area contributed by atoms with E-state index in [-0.39, 0.29) is 11.8 Å². The van der Waals surface area contributed by atoms with Crippen LogP contribution in [0.4, 0.5) is 5.82 Å². The van der Waals surface area contributed by atoms with Crippen molar-refractivity contribution < 1.29 is 9.63 Å². The van der Waals surface area contributed by atoms with Crippen molar-refractivity contribution in [3.05, 3.63) is 53.5 Å². The molecule has 2 fully saturated rings. The first-order chi connectivity index (χ1) is 16.0. The van der Waals surface area contributed by atoms with E-state index >= 15 is 0 Å². The lowest BCUT2D eigenvalue weighted by Gasteiger charge is -2.37. The van der Waals surface area contributed by atoms with Gasteiger partial charge >= 0.3 is 0 Å². The smallest absolute Gasteiger partial charge is 0.225 e. The van der Waals surface area contributed by atoms with Crippen LogP contribution in [-0.4, -0.2) is 64.7 Å². The number of carbonyl (C=O) groups is 1. The average molecular weight is 451 g/mol. The molecule has 2 aliphatic heterocycles. The molecule has 4 heterocycles. The molecule has 0 spiro atoms. The van der Waals surface area contributed by atoms with Crippen molar-refractivity contribution in [3.8, 4) is 0 Å². The van der Waals surface area contributed by atoms with E-state index < -0.39 is 0 Å². The van der Waals surface area contributed by atoms with Gasteiger partial charge in [-0.1, -0.05) is 5.16 Å². The number of rotatable bonds is 6. The number of aromatic nitrogens is 2. The first-order valence-corrected chi connectivity index (χ1v) is 11.8. The second kappa shape index (κ2) is 10.7. The summed E-state index contributed by atoms with van der Waals surface area (Å²) in [5, 5.41) is 4.30. The highest BCUT2D eigenvalue weighted by molar-refractivity contribution is 6.00. The Balaban J connectivity index is 1.28. The van der Waals surface area contributed by atoms with Crippen LogP contribution >= 0.6 is 0 Å². The predicted octanol–water partition coefficient (Wildman–Crippen LogP) is 2.87. The zero-order valence-electron chi connectivity index (χ0n) is 19.6. The molecule has 2 saturated heterocycles. The van der Waals surface area contributed by atoms with Crippen molar-refractivity contribution in [1.82, 2.24) is 19.8 Å². The molecule has 33 heavy (non-hydrogen) atoms. The van der Waals surface area contributed by atoms with Crippen molar-refractivity contribution in [3.63, 3.8) is 0 Å². The van der Waals surface area contributed by atoms with E-state index in [1.54, 1.807) is 13.3 Å². The minimum Gasteiger partial charge on any atom is -0.399 e. The van der Waals surface area contributed by atoms with E-state index in [9.17, 15) is 4.79 Å². The van der Waals surface area contributed by atoms with Crippen molar-refractivity contribution in [2.75, 3.05) is 39.0 Å². The molecular weight excluding hydrogens is 416 g/mol. The first kappa shape index (κ1) is 23.2. The van der Waals surface area contributed by atoms with Gasteiger partial charge in [0.05, 0.1) is 5.69 Å². The molecule has 0 atom stereocenters. The lowest BCUT2D eigenvalue weighted by Crippen LogP contribution is -2.46.